The van der Waals surface area contributed by atoms with E-state index in [0.29, 0.717) is 4.90 Å². The molecule has 0 saturated carbocycles. The first-order valence-electron chi connectivity index (χ1n) is 5.98. The molecule has 0 aliphatic heterocycles. The molecule has 1 aromatic rings. The minimum atomic E-state index is -3.12. The van der Waals surface area contributed by atoms with E-state index in [9.17, 15) is 8.42 Å². The van der Waals surface area contributed by atoms with Gasteiger partial charge in [0.15, 0.2) is 9.84 Å². The Bertz CT molecular complexity index is 484. The number of aryl methyl sites for hydroxylation is 1. The van der Waals surface area contributed by atoms with Crippen LogP contribution in [-0.2, 0) is 9.84 Å². The molecular weight excluding hydrogens is 266 g/mol. The number of benzene rings is 1. The molecule has 0 atom stereocenters. The van der Waals surface area contributed by atoms with Gasteiger partial charge in [-0.25, -0.2) is 8.42 Å². The summed E-state index contributed by atoms with van der Waals surface area (Å²) >= 11 is 1.85. The lowest BCUT2D eigenvalue weighted by molar-refractivity contribution is 0.602. The molecular formula is C13H21NO2S2. The highest BCUT2D eigenvalue weighted by molar-refractivity contribution is 7.98. The van der Waals surface area contributed by atoms with Crippen LogP contribution in [0, 0.1) is 6.92 Å². The monoisotopic (exact) mass is 287 g/mol. The summed E-state index contributed by atoms with van der Waals surface area (Å²) in [6.45, 7) is 2.87. The summed E-state index contributed by atoms with van der Waals surface area (Å²) in [5, 5.41) is 3.31. The summed E-state index contributed by atoms with van der Waals surface area (Å²) in [5.74, 6) is 1.17. The topological polar surface area (TPSA) is 46.2 Å². The van der Waals surface area contributed by atoms with Crippen LogP contribution in [0.5, 0.6) is 0 Å². The molecule has 0 aliphatic carbocycles. The van der Waals surface area contributed by atoms with E-state index < -0.39 is 9.84 Å². The van der Waals surface area contributed by atoms with Crippen LogP contribution in [0.2, 0.25) is 0 Å². The van der Waals surface area contributed by atoms with Gasteiger partial charge in [0.2, 0.25) is 0 Å². The minimum Gasteiger partial charge on any atom is -0.385 e. The Morgan fingerprint density at radius 2 is 2.00 bits per heavy atom. The van der Waals surface area contributed by atoms with Gasteiger partial charge < -0.3 is 5.32 Å². The maximum absolute atomic E-state index is 11.5. The molecule has 0 spiro atoms. The summed E-state index contributed by atoms with van der Waals surface area (Å²) in [6.07, 6.45) is 5.62. The van der Waals surface area contributed by atoms with Gasteiger partial charge in [-0.05, 0) is 49.5 Å². The quantitative estimate of drug-likeness (QED) is 0.783. The molecule has 0 radical (unpaired) electrons. The second-order valence-corrected chi connectivity index (χ2v) is 7.38. The molecule has 0 amide bonds. The van der Waals surface area contributed by atoms with Gasteiger partial charge in [-0.1, -0.05) is 6.07 Å². The van der Waals surface area contributed by atoms with E-state index in [1.54, 1.807) is 12.1 Å². The van der Waals surface area contributed by atoms with Gasteiger partial charge in [0.1, 0.15) is 0 Å². The van der Waals surface area contributed by atoms with Gasteiger partial charge in [-0.3, -0.25) is 0 Å². The standard InChI is InChI=1S/C13H21NO2S2/c1-11-6-7-12(18(3,15)16)10-13(11)14-8-4-5-9-17-2/h6-7,10,14H,4-5,8-9H2,1-3H3. The first-order valence-corrected chi connectivity index (χ1v) is 9.27. The first-order chi connectivity index (χ1) is 8.45. The third-order valence-corrected chi connectivity index (χ3v) is 4.54. The Balaban J connectivity index is 2.65. The van der Waals surface area contributed by atoms with Crippen LogP contribution < -0.4 is 5.32 Å². The number of hydrogen-bond donors (Lipinski definition) is 1. The SMILES string of the molecule is CSCCCCNc1cc(S(C)(=O)=O)ccc1C. The second-order valence-electron chi connectivity index (χ2n) is 4.38. The van der Waals surface area contributed by atoms with Crippen molar-refractivity contribution in [1.29, 1.82) is 0 Å². The number of unbranched alkanes of at least 4 members (excludes halogenated alkanes) is 1. The highest BCUT2D eigenvalue weighted by Crippen LogP contribution is 2.20. The van der Waals surface area contributed by atoms with Crippen molar-refractivity contribution in [2.45, 2.75) is 24.7 Å². The van der Waals surface area contributed by atoms with Crippen LogP contribution >= 0.6 is 11.8 Å². The normalized spacial score (nSPS) is 11.5. The van der Waals surface area contributed by atoms with Gasteiger partial charge in [0.05, 0.1) is 4.90 Å². The molecule has 0 aromatic heterocycles. The summed E-state index contributed by atoms with van der Waals surface area (Å²) in [4.78, 5) is 0.375. The number of thioether (sulfide) groups is 1. The molecule has 0 fully saturated rings. The lowest BCUT2D eigenvalue weighted by Gasteiger charge is -2.10. The van der Waals surface area contributed by atoms with Crippen LogP contribution in [0.15, 0.2) is 23.1 Å². The van der Waals surface area contributed by atoms with Crippen LogP contribution in [0.3, 0.4) is 0 Å². The third kappa shape index (κ3) is 4.90. The molecule has 1 rings (SSSR count). The minimum absolute atomic E-state index is 0.375. The smallest absolute Gasteiger partial charge is 0.175 e. The maximum atomic E-state index is 11.5. The zero-order valence-corrected chi connectivity index (χ0v) is 12.8. The predicted octanol–water partition coefficient (Wildman–Crippen LogP) is 2.95. The largest absolute Gasteiger partial charge is 0.385 e. The lowest BCUT2D eigenvalue weighted by Crippen LogP contribution is -2.05. The Hall–Kier alpha value is -0.680. The fourth-order valence-electron chi connectivity index (χ4n) is 1.62. The zero-order valence-electron chi connectivity index (χ0n) is 11.2. The van der Waals surface area contributed by atoms with Crippen molar-refractivity contribution in [3.05, 3.63) is 23.8 Å². The van der Waals surface area contributed by atoms with Gasteiger partial charge in [0.25, 0.3) is 0 Å². The molecule has 1 aromatic carbocycles. The zero-order chi connectivity index (χ0) is 13.6. The van der Waals surface area contributed by atoms with E-state index >= 15 is 0 Å². The Labute approximate surface area is 114 Å². The van der Waals surface area contributed by atoms with E-state index in [-0.39, 0.29) is 0 Å². The van der Waals surface area contributed by atoms with Crippen molar-refractivity contribution in [2.75, 3.05) is 30.1 Å². The van der Waals surface area contributed by atoms with E-state index in [1.807, 2.05) is 24.8 Å². The number of rotatable bonds is 7. The molecule has 0 saturated heterocycles. The predicted molar refractivity (Wildman–Crippen MR) is 80.4 cm³/mol. The van der Waals surface area contributed by atoms with Gasteiger partial charge >= 0.3 is 0 Å². The summed E-state index contributed by atoms with van der Waals surface area (Å²) < 4.78 is 23.0. The van der Waals surface area contributed by atoms with Crippen LogP contribution in [0.4, 0.5) is 5.69 Å². The van der Waals surface area contributed by atoms with Gasteiger partial charge in [-0.2, -0.15) is 11.8 Å². The van der Waals surface area contributed by atoms with Gasteiger partial charge in [0, 0.05) is 18.5 Å². The Morgan fingerprint density at radius 3 is 2.61 bits per heavy atom. The molecule has 5 heteroatoms. The molecule has 102 valence electrons. The van der Waals surface area contributed by atoms with Gasteiger partial charge in [-0.15, -0.1) is 0 Å². The van der Waals surface area contributed by atoms with Crippen molar-refractivity contribution >= 4 is 27.3 Å². The van der Waals surface area contributed by atoms with Crippen molar-refractivity contribution in [3.63, 3.8) is 0 Å². The highest BCUT2D eigenvalue weighted by atomic mass is 32.2. The van der Waals surface area contributed by atoms with Crippen LogP contribution in [0.1, 0.15) is 18.4 Å². The summed E-state index contributed by atoms with van der Waals surface area (Å²) in [6, 6.07) is 5.23. The highest BCUT2D eigenvalue weighted by Gasteiger charge is 2.08. The fourth-order valence-corrected chi connectivity index (χ4v) is 2.76. The molecule has 1 N–H and O–H groups in total. The number of anilines is 1. The Kier molecular flexibility index (Phi) is 6.02. The lowest BCUT2D eigenvalue weighted by atomic mass is 10.2. The number of sulfone groups is 1. The number of nitrogens with one attached hydrogen (secondary N) is 1. The van der Waals surface area contributed by atoms with E-state index in [0.717, 1.165) is 24.2 Å². The summed E-state index contributed by atoms with van der Waals surface area (Å²) in [5.41, 5.74) is 1.99. The van der Waals surface area contributed by atoms with E-state index in [1.165, 1.54) is 18.4 Å². The Morgan fingerprint density at radius 1 is 1.28 bits per heavy atom. The number of hydrogen-bond acceptors (Lipinski definition) is 4. The molecule has 18 heavy (non-hydrogen) atoms. The molecule has 0 unspecified atom stereocenters. The maximum Gasteiger partial charge on any atom is 0.175 e. The first kappa shape index (κ1) is 15.4. The van der Waals surface area contributed by atoms with Crippen molar-refractivity contribution < 1.29 is 8.42 Å². The molecule has 3 nitrogen and oxygen atoms in total. The fraction of sp³-hybridized carbons (Fsp3) is 0.538. The average Bonchev–Trinajstić information content (AvgIpc) is 2.29. The molecule has 0 aliphatic rings. The molecule has 0 bridgehead atoms. The molecule has 0 heterocycles. The van der Waals surface area contributed by atoms with E-state index in [2.05, 4.69) is 11.6 Å². The third-order valence-electron chi connectivity index (χ3n) is 2.73. The van der Waals surface area contributed by atoms with Crippen molar-refractivity contribution in [1.82, 2.24) is 0 Å². The van der Waals surface area contributed by atoms with Crippen LogP contribution in [0.25, 0.3) is 0 Å². The average molecular weight is 287 g/mol. The second kappa shape index (κ2) is 7.04. The van der Waals surface area contributed by atoms with E-state index in [4.69, 9.17) is 0 Å². The van der Waals surface area contributed by atoms with Crippen molar-refractivity contribution in [3.8, 4) is 0 Å². The van der Waals surface area contributed by atoms with Crippen molar-refractivity contribution in [2.24, 2.45) is 0 Å². The van der Waals surface area contributed by atoms with Crippen LogP contribution in [-0.4, -0.2) is 33.2 Å². The summed E-state index contributed by atoms with van der Waals surface area (Å²) in [7, 11) is -3.12.